The SMILES string of the molecule is CSn1c(=O)n(C)c2cccnc21. The fourth-order valence-corrected chi connectivity index (χ4v) is 1.89. The van der Waals surface area contributed by atoms with E-state index < -0.39 is 0 Å². The number of hydrogen-bond donors (Lipinski definition) is 0. The summed E-state index contributed by atoms with van der Waals surface area (Å²) >= 11 is 1.37. The molecule has 0 saturated carbocycles. The lowest BCUT2D eigenvalue weighted by Gasteiger charge is -1.92. The summed E-state index contributed by atoms with van der Waals surface area (Å²) in [5.41, 5.74) is 1.55. The highest BCUT2D eigenvalue weighted by atomic mass is 32.2. The second kappa shape index (κ2) is 2.92. The molecule has 0 saturated heterocycles. The number of nitrogens with zero attached hydrogens (tertiary/aromatic N) is 3. The Balaban J connectivity index is 2.98. The Morgan fingerprint density at radius 1 is 1.54 bits per heavy atom. The Hall–Kier alpha value is -1.23. The predicted octanol–water partition coefficient (Wildman–Crippen LogP) is 0.861. The first-order valence-electron chi connectivity index (χ1n) is 3.82. The molecule has 0 amide bonds. The minimum Gasteiger partial charge on any atom is -0.293 e. The second-order valence-corrected chi connectivity index (χ2v) is 3.39. The first-order valence-corrected chi connectivity index (χ1v) is 5.01. The van der Waals surface area contributed by atoms with Gasteiger partial charge in [-0.15, -0.1) is 0 Å². The number of rotatable bonds is 1. The molecular formula is C8H9N3OS. The Labute approximate surface area is 79.3 Å². The standard InChI is InChI=1S/C8H9N3OS/c1-10-6-4-3-5-9-7(6)11(13-2)8(10)12/h3-5H,1-2H3. The van der Waals surface area contributed by atoms with Gasteiger partial charge < -0.3 is 0 Å². The normalized spacial score (nSPS) is 10.9. The molecule has 2 rings (SSSR count). The topological polar surface area (TPSA) is 39.8 Å². The van der Waals surface area contributed by atoms with Gasteiger partial charge in [-0.1, -0.05) is 0 Å². The van der Waals surface area contributed by atoms with Crippen LogP contribution in [-0.2, 0) is 7.05 Å². The van der Waals surface area contributed by atoms with Gasteiger partial charge in [0.15, 0.2) is 5.65 Å². The van der Waals surface area contributed by atoms with Crippen LogP contribution in [0.1, 0.15) is 0 Å². The van der Waals surface area contributed by atoms with E-state index in [1.807, 2.05) is 18.4 Å². The lowest BCUT2D eigenvalue weighted by molar-refractivity contribution is 0.879. The van der Waals surface area contributed by atoms with Gasteiger partial charge in [-0.3, -0.25) is 4.57 Å². The summed E-state index contributed by atoms with van der Waals surface area (Å²) in [6.07, 6.45) is 3.55. The van der Waals surface area contributed by atoms with Crippen molar-refractivity contribution < 1.29 is 0 Å². The molecule has 0 bridgehead atoms. The second-order valence-electron chi connectivity index (χ2n) is 2.66. The summed E-state index contributed by atoms with van der Waals surface area (Å²) in [4.78, 5) is 15.7. The molecule has 2 aromatic rings. The zero-order valence-electron chi connectivity index (χ0n) is 7.39. The van der Waals surface area contributed by atoms with Crippen LogP contribution in [0.2, 0.25) is 0 Å². The van der Waals surface area contributed by atoms with E-state index in [0.29, 0.717) is 0 Å². The van der Waals surface area contributed by atoms with E-state index in [1.165, 1.54) is 11.9 Å². The van der Waals surface area contributed by atoms with Gasteiger partial charge in [0, 0.05) is 19.5 Å². The van der Waals surface area contributed by atoms with Crippen LogP contribution in [0.15, 0.2) is 23.1 Å². The van der Waals surface area contributed by atoms with Crippen LogP contribution >= 0.6 is 11.9 Å². The largest absolute Gasteiger partial charge is 0.340 e. The fourth-order valence-electron chi connectivity index (χ4n) is 1.30. The molecule has 0 aliphatic carbocycles. The molecule has 0 aromatic carbocycles. The number of imidazole rings is 1. The van der Waals surface area contributed by atoms with E-state index in [0.717, 1.165) is 11.2 Å². The van der Waals surface area contributed by atoms with E-state index in [2.05, 4.69) is 4.98 Å². The van der Waals surface area contributed by atoms with Crippen LogP contribution in [0.25, 0.3) is 11.2 Å². The third-order valence-corrected chi connectivity index (χ3v) is 2.66. The maximum absolute atomic E-state index is 11.6. The lowest BCUT2D eigenvalue weighted by Crippen LogP contribution is -2.18. The van der Waals surface area contributed by atoms with Crippen molar-refractivity contribution >= 4 is 23.1 Å². The highest BCUT2D eigenvalue weighted by Gasteiger charge is 2.09. The van der Waals surface area contributed by atoms with Crippen LogP contribution in [0, 0.1) is 0 Å². The van der Waals surface area contributed by atoms with Crippen molar-refractivity contribution in [2.75, 3.05) is 6.26 Å². The van der Waals surface area contributed by atoms with Crippen LogP contribution in [-0.4, -0.2) is 19.8 Å². The van der Waals surface area contributed by atoms with Crippen molar-refractivity contribution in [3.05, 3.63) is 28.8 Å². The van der Waals surface area contributed by atoms with Crippen molar-refractivity contribution in [2.45, 2.75) is 0 Å². The molecule has 0 aliphatic rings. The molecule has 4 nitrogen and oxygen atoms in total. The van der Waals surface area contributed by atoms with Gasteiger partial charge in [-0.25, -0.2) is 13.8 Å². The van der Waals surface area contributed by atoms with E-state index in [-0.39, 0.29) is 5.69 Å². The van der Waals surface area contributed by atoms with E-state index in [1.54, 1.807) is 21.8 Å². The average molecular weight is 195 g/mol. The van der Waals surface area contributed by atoms with Crippen molar-refractivity contribution in [1.82, 2.24) is 13.5 Å². The molecule has 2 heterocycles. The Morgan fingerprint density at radius 2 is 2.31 bits per heavy atom. The molecule has 5 heteroatoms. The molecule has 13 heavy (non-hydrogen) atoms. The molecule has 0 unspecified atom stereocenters. The van der Waals surface area contributed by atoms with Crippen LogP contribution in [0.3, 0.4) is 0 Å². The Morgan fingerprint density at radius 3 is 3.00 bits per heavy atom. The molecule has 0 N–H and O–H groups in total. The van der Waals surface area contributed by atoms with Gasteiger partial charge in [0.05, 0.1) is 5.52 Å². The van der Waals surface area contributed by atoms with Gasteiger partial charge in [-0.05, 0) is 24.1 Å². The number of fused-ring (bicyclic) bond motifs is 1. The molecule has 0 atom stereocenters. The van der Waals surface area contributed by atoms with Crippen molar-refractivity contribution in [2.24, 2.45) is 7.05 Å². The number of aromatic nitrogens is 3. The number of aryl methyl sites for hydroxylation is 1. The van der Waals surface area contributed by atoms with E-state index >= 15 is 0 Å². The van der Waals surface area contributed by atoms with Gasteiger partial charge in [0.1, 0.15) is 0 Å². The van der Waals surface area contributed by atoms with Crippen LogP contribution < -0.4 is 5.69 Å². The lowest BCUT2D eigenvalue weighted by atomic mass is 10.4. The molecular weight excluding hydrogens is 186 g/mol. The fraction of sp³-hybridized carbons (Fsp3) is 0.250. The zero-order valence-corrected chi connectivity index (χ0v) is 8.21. The van der Waals surface area contributed by atoms with Crippen molar-refractivity contribution in [3.63, 3.8) is 0 Å². The van der Waals surface area contributed by atoms with E-state index in [4.69, 9.17) is 0 Å². The maximum atomic E-state index is 11.6. The van der Waals surface area contributed by atoms with Gasteiger partial charge in [0.2, 0.25) is 0 Å². The Kier molecular flexibility index (Phi) is 1.88. The average Bonchev–Trinajstić information content (AvgIpc) is 2.41. The van der Waals surface area contributed by atoms with E-state index in [9.17, 15) is 4.79 Å². The molecule has 0 spiro atoms. The first-order chi connectivity index (χ1) is 6.25. The quantitative estimate of drug-likeness (QED) is 0.677. The number of hydrogen-bond acceptors (Lipinski definition) is 3. The minimum atomic E-state index is -0.0406. The maximum Gasteiger partial charge on any atom is 0.340 e. The Bertz CT molecular complexity index is 500. The summed E-state index contributed by atoms with van der Waals surface area (Å²) in [5, 5.41) is 0. The summed E-state index contributed by atoms with van der Waals surface area (Å²) in [6.45, 7) is 0. The third-order valence-electron chi connectivity index (χ3n) is 1.96. The van der Waals surface area contributed by atoms with Gasteiger partial charge in [-0.2, -0.15) is 0 Å². The summed E-state index contributed by atoms with van der Waals surface area (Å²) in [5.74, 6) is 0. The smallest absolute Gasteiger partial charge is 0.293 e. The number of pyridine rings is 1. The molecule has 0 aliphatic heterocycles. The van der Waals surface area contributed by atoms with Crippen molar-refractivity contribution in [1.29, 1.82) is 0 Å². The summed E-state index contributed by atoms with van der Waals surface area (Å²) in [6, 6.07) is 3.71. The summed E-state index contributed by atoms with van der Waals surface area (Å²) in [7, 11) is 1.75. The molecule has 68 valence electrons. The van der Waals surface area contributed by atoms with Crippen LogP contribution in [0.4, 0.5) is 0 Å². The minimum absolute atomic E-state index is 0.0406. The molecule has 0 radical (unpaired) electrons. The van der Waals surface area contributed by atoms with Crippen LogP contribution in [0.5, 0.6) is 0 Å². The molecule has 2 aromatic heterocycles. The zero-order chi connectivity index (χ0) is 9.42. The van der Waals surface area contributed by atoms with Gasteiger partial charge in [0.25, 0.3) is 0 Å². The highest BCUT2D eigenvalue weighted by molar-refractivity contribution is 7.97. The first kappa shape index (κ1) is 8.37. The third kappa shape index (κ3) is 1.07. The predicted molar refractivity (Wildman–Crippen MR) is 53.9 cm³/mol. The monoisotopic (exact) mass is 195 g/mol. The molecule has 0 fully saturated rings. The van der Waals surface area contributed by atoms with Crippen molar-refractivity contribution in [3.8, 4) is 0 Å². The summed E-state index contributed by atoms with van der Waals surface area (Å²) < 4.78 is 3.17. The van der Waals surface area contributed by atoms with Gasteiger partial charge >= 0.3 is 5.69 Å². The highest BCUT2D eigenvalue weighted by Crippen LogP contribution is 2.11.